The van der Waals surface area contributed by atoms with E-state index in [4.69, 9.17) is 4.99 Å². The molecule has 2 unspecified atom stereocenters. The standard InChI is InChI=1S/C22H33N3OS/c1-15(2)17-10-12-19(13-11-17)23-21(26)14-20-16(3)27-22(25(20)4)24-18-8-6-5-7-9-18/h10-13,15-16,18,20H,5-9,14H2,1-4H3,(H,23,26). The van der Waals surface area contributed by atoms with Crippen molar-refractivity contribution in [1.82, 2.24) is 4.90 Å². The van der Waals surface area contributed by atoms with E-state index in [0.717, 1.165) is 10.9 Å². The maximum absolute atomic E-state index is 12.6. The van der Waals surface area contributed by atoms with Gasteiger partial charge in [-0.3, -0.25) is 9.79 Å². The first-order valence-corrected chi connectivity index (χ1v) is 11.2. The number of benzene rings is 1. The second kappa shape index (κ2) is 9.13. The van der Waals surface area contributed by atoms with Gasteiger partial charge in [0.2, 0.25) is 5.91 Å². The van der Waals surface area contributed by atoms with Gasteiger partial charge in [0.1, 0.15) is 0 Å². The maximum Gasteiger partial charge on any atom is 0.226 e. The lowest BCUT2D eigenvalue weighted by Crippen LogP contribution is -2.36. The molecular formula is C22H33N3OS. The second-order valence-electron chi connectivity index (χ2n) is 8.23. The van der Waals surface area contributed by atoms with Crippen molar-refractivity contribution in [3.63, 3.8) is 0 Å². The Hall–Kier alpha value is -1.49. The molecular weight excluding hydrogens is 354 g/mol. The number of rotatable bonds is 5. The van der Waals surface area contributed by atoms with Crippen LogP contribution in [0.2, 0.25) is 0 Å². The highest BCUT2D eigenvalue weighted by Gasteiger charge is 2.36. The third kappa shape index (κ3) is 5.28. The number of nitrogens with zero attached hydrogens (tertiary/aromatic N) is 2. The van der Waals surface area contributed by atoms with Crippen molar-refractivity contribution in [2.75, 3.05) is 12.4 Å². The molecule has 148 valence electrons. The molecule has 1 N–H and O–H groups in total. The number of amides is 1. The minimum absolute atomic E-state index is 0.0792. The van der Waals surface area contributed by atoms with Gasteiger partial charge in [0, 0.05) is 24.4 Å². The highest BCUT2D eigenvalue weighted by molar-refractivity contribution is 8.14. The van der Waals surface area contributed by atoms with Crippen LogP contribution in [-0.4, -0.2) is 40.4 Å². The van der Waals surface area contributed by atoms with Crippen LogP contribution in [-0.2, 0) is 4.79 Å². The van der Waals surface area contributed by atoms with Crippen molar-refractivity contribution in [3.8, 4) is 0 Å². The predicted octanol–water partition coefficient (Wildman–Crippen LogP) is 5.26. The highest BCUT2D eigenvalue weighted by Crippen LogP contribution is 2.34. The molecule has 0 spiro atoms. The zero-order chi connectivity index (χ0) is 19.4. The van der Waals surface area contributed by atoms with Crippen LogP contribution < -0.4 is 5.32 Å². The molecule has 1 aromatic rings. The number of aliphatic imine (C=N–C) groups is 1. The Kier molecular flexibility index (Phi) is 6.85. The lowest BCUT2D eigenvalue weighted by Gasteiger charge is -2.24. The van der Waals surface area contributed by atoms with E-state index in [1.54, 1.807) is 0 Å². The first kappa shape index (κ1) is 20.2. The first-order valence-electron chi connectivity index (χ1n) is 10.3. The molecule has 1 saturated heterocycles. The summed E-state index contributed by atoms with van der Waals surface area (Å²) in [5.41, 5.74) is 2.17. The Balaban J connectivity index is 1.57. The van der Waals surface area contributed by atoms with Gasteiger partial charge in [-0.2, -0.15) is 0 Å². The van der Waals surface area contributed by atoms with Gasteiger partial charge in [-0.05, 0) is 36.5 Å². The van der Waals surface area contributed by atoms with E-state index in [0.29, 0.717) is 23.6 Å². The summed E-state index contributed by atoms with van der Waals surface area (Å²) in [5, 5.41) is 4.56. The maximum atomic E-state index is 12.6. The molecule has 1 saturated carbocycles. The van der Waals surface area contributed by atoms with Crippen LogP contribution in [0, 0.1) is 0 Å². The van der Waals surface area contributed by atoms with Crippen molar-refractivity contribution >= 4 is 28.5 Å². The van der Waals surface area contributed by atoms with Crippen molar-refractivity contribution < 1.29 is 4.79 Å². The average Bonchev–Trinajstić information content (AvgIpc) is 2.90. The largest absolute Gasteiger partial charge is 0.350 e. The second-order valence-corrected chi connectivity index (χ2v) is 9.58. The molecule has 4 nitrogen and oxygen atoms in total. The van der Waals surface area contributed by atoms with Crippen molar-refractivity contribution in [3.05, 3.63) is 29.8 Å². The molecule has 0 bridgehead atoms. The lowest BCUT2D eigenvalue weighted by atomic mass is 9.96. The lowest BCUT2D eigenvalue weighted by molar-refractivity contribution is -0.117. The summed E-state index contributed by atoms with van der Waals surface area (Å²) >= 11 is 1.82. The fourth-order valence-corrected chi connectivity index (χ4v) is 5.21. The summed E-state index contributed by atoms with van der Waals surface area (Å²) < 4.78 is 0. The monoisotopic (exact) mass is 387 g/mol. The third-order valence-corrected chi connectivity index (χ3v) is 7.05. The van der Waals surface area contributed by atoms with E-state index in [-0.39, 0.29) is 11.9 Å². The molecule has 2 atom stereocenters. The summed E-state index contributed by atoms with van der Waals surface area (Å²) in [6.45, 7) is 6.56. The Bertz CT molecular complexity index is 665. The number of hydrogen-bond donors (Lipinski definition) is 1. The van der Waals surface area contributed by atoms with Gasteiger partial charge in [-0.1, -0.05) is 63.9 Å². The molecule has 1 amide bonds. The van der Waals surface area contributed by atoms with Crippen LogP contribution in [0.3, 0.4) is 0 Å². The van der Waals surface area contributed by atoms with E-state index in [9.17, 15) is 4.79 Å². The number of carbonyl (C=O) groups excluding carboxylic acids is 1. The van der Waals surface area contributed by atoms with Crippen LogP contribution in [0.15, 0.2) is 29.3 Å². The molecule has 1 aliphatic carbocycles. The van der Waals surface area contributed by atoms with Gasteiger partial charge in [-0.15, -0.1) is 0 Å². The Morgan fingerprint density at radius 2 is 1.89 bits per heavy atom. The van der Waals surface area contributed by atoms with Gasteiger partial charge in [0.25, 0.3) is 0 Å². The molecule has 5 heteroatoms. The summed E-state index contributed by atoms with van der Waals surface area (Å²) in [6.07, 6.45) is 6.87. The molecule has 2 fully saturated rings. The third-order valence-electron chi connectivity index (χ3n) is 5.76. The molecule has 2 aliphatic rings. The van der Waals surface area contributed by atoms with E-state index in [1.807, 2.05) is 23.9 Å². The minimum atomic E-state index is 0.0792. The summed E-state index contributed by atoms with van der Waals surface area (Å²) in [7, 11) is 2.09. The molecule has 3 rings (SSSR count). The normalized spacial score (nSPS) is 25.4. The summed E-state index contributed by atoms with van der Waals surface area (Å²) in [4.78, 5) is 19.8. The number of amidine groups is 1. The van der Waals surface area contributed by atoms with Gasteiger partial charge >= 0.3 is 0 Å². The SMILES string of the molecule is CC(C)c1ccc(NC(=O)CC2C(C)SC(=NC3CCCCC3)N2C)cc1. The van der Waals surface area contributed by atoms with Gasteiger partial charge < -0.3 is 10.2 Å². The van der Waals surface area contributed by atoms with E-state index >= 15 is 0 Å². The highest BCUT2D eigenvalue weighted by atomic mass is 32.2. The topological polar surface area (TPSA) is 44.7 Å². The van der Waals surface area contributed by atoms with Crippen molar-refractivity contribution in [2.24, 2.45) is 4.99 Å². The molecule has 1 aliphatic heterocycles. The van der Waals surface area contributed by atoms with Crippen LogP contribution in [0.5, 0.6) is 0 Å². The predicted molar refractivity (Wildman–Crippen MR) is 117 cm³/mol. The molecule has 0 aromatic heterocycles. The molecule has 1 aromatic carbocycles. The first-order chi connectivity index (χ1) is 12.9. The van der Waals surface area contributed by atoms with E-state index in [2.05, 4.69) is 50.2 Å². The van der Waals surface area contributed by atoms with Crippen LogP contribution in [0.4, 0.5) is 5.69 Å². The fourth-order valence-electron chi connectivity index (χ4n) is 3.93. The molecule has 1 heterocycles. The van der Waals surface area contributed by atoms with E-state index < -0.39 is 0 Å². The number of nitrogens with one attached hydrogen (secondary N) is 1. The Morgan fingerprint density at radius 3 is 2.52 bits per heavy atom. The van der Waals surface area contributed by atoms with Crippen LogP contribution in [0.25, 0.3) is 0 Å². The minimum Gasteiger partial charge on any atom is -0.350 e. The van der Waals surface area contributed by atoms with Crippen molar-refractivity contribution in [2.45, 2.75) is 82.5 Å². The van der Waals surface area contributed by atoms with Gasteiger partial charge in [0.05, 0.1) is 12.1 Å². The van der Waals surface area contributed by atoms with Crippen molar-refractivity contribution in [1.29, 1.82) is 0 Å². The number of anilines is 1. The number of thioether (sulfide) groups is 1. The van der Waals surface area contributed by atoms with E-state index in [1.165, 1.54) is 37.7 Å². The summed E-state index contributed by atoms with van der Waals surface area (Å²) in [6, 6.07) is 8.86. The zero-order valence-corrected chi connectivity index (χ0v) is 17.9. The molecule has 0 radical (unpaired) electrons. The average molecular weight is 388 g/mol. The van der Waals surface area contributed by atoms with Crippen LogP contribution >= 0.6 is 11.8 Å². The number of hydrogen-bond acceptors (Lipinski definition) is 3. The van der Waals surface area contributed by atoms with Gasteiger partial charge in [-0.25, -0.2) is 0 Å². The number of carbonyl (C=O) groups is 1. The smallest absolute Gasteiger partial charge is 0.226 e. The zero-order valence-electron chi connectivity index (χ0n) is 17.1. The van der Waals surface area contributed by atoms with Crippen LogP contribution in [0.1, 0.15) is 70.8 Å². The summed E-state index contributed by atoms with van der Waals surface area (Å²) in [5.74, 6) is 0.581. The molecule has 27 heavy (non-hydrogen) atoms. The Morgan fingerprint density at radius 1 is 1.22 bits per heavy atom. The fraction of sp³-hybridized carbons (Fsp3) is 0.636. The quantitative estimate of drug-likeness (QED) is 0.749. The Labute approximate surface area is 168 Å². The van der Waals surface area contributed by atoms with Gasteiger partial charge in [0.15, 0.2) is 5.17 Å².